The van der Waals surface area contributed by atoms with Crippen LogP contribution in [-0.4, -0.2) is 37.2 Å². The molecule has 0 amide bonds. The Bertz CT molecular complexity index is 1730. The molecule has 0 radical (unpaired) electrons. The van der Waals surface area contributed by atoms with Gasteiger partial charge in [0.15, 0.2) is 6.10 Å². The standard InChI is InChI=1S/C76H126O6/c1-4-7-10-13-16-19-22-25-28-30-32-33-34-35-36-37-38-39-40-41-42-43-44-46-48-51-54-57-60-63-66-69-75(78)81-72-73(71-80-74(77)68-65-62-59-56-53-50-47-27-24-21-18-15-12-9-6-3)82-76(79)70-67-64-61-58-55-52-49-45-31-29-26-23-20-17-14-11-8-5-2/h7,9-10,12,16,18-21,23,25,27-29,31-33,35-36,47,53,56,73H,4-6,8,11,13-15,17,22,24,26,30,34,37-46,48-52,54-55,57-72H2,1-3H3/b10-7-,12-9-,19-16-,21-18-,23-20-,28-25-,31-29-,33-32-,36-35-,47-27-,56-53-. The van der Waals surface area contributed by atoms with E-state index in [1.54, 1.807) is 0 Å². The van der Waals surface area contributed by atoms with E-state index in [4.69, 9.17) is 14.2 Å². The number of hydrogen-bond donors (Lipinski definition) is 0. The van der Waals surface area contributed by atoms with Crippen LogP contribution in [0.25, 0.3) is 0 Å². The van der Waals surface area contributed by atoms with Crippen molar-refractivity contribution in [2.24, 2.45) is 0 Å². The number of carbonyl (C=O) groups is 3. The highest BCUT2D eigenvalue weighted by atomic mass is 16.6. The molecule has 0 saturated carbocycles. The van der Waals surface area contributed by atoms with Gasteiger partial charge in [-0.05, 0) is 135 Å². The second-order valence-corrected chi connectivity index (χ2v) is 22.3. The van der Waals surface area contributed by atoms with Gasteiger partial charge in [-0.25, -0.2) is 0 Å². The van der Waals surface area contributed by atoms with Gasteiger partial charge in [0.25, 0.3) is 0 Å². The summed E-state index contributed by atoms with van der Waals surface area (Å²) in [5, 5.41) is 0. The van der Waals surface area contributed by atoms with Crippen molar-refractivity contribution in [2.75, 3.05) is 13.2 Å². The maximum atomic E-state index is 12.9. The van der Waals surface area contributed by atoms with Gasteiger partial charge in [0.05, 0.1) is 0 Å². The molecule has 0 heterocycles. The molecule has 0 fully saturated rings. The Labute approximate surface area is 506 Å². The lowest BCUT2D eigenvalue weighted by Gasteiger charge is -2.18. The van der Waals surface area contributed by atoms with Gasteiger partial charge < -0.3 is 14.2 Å². The highest BCUT2D eigenvalue weighted by molar-refractivity contribution is 5.71. The average molecular weight is 1140 g/mol. The van der Waals surface area contributed by atoms with E-state index < -0.39 is 6.10 Å². The largest absolute Gasteiger partial charge is 0.462 e. The Kier molecular flexibility index (Phi) is 65.3. The number of rotatable bonds is 61. The molecule has 0 bridgehead atoms. The third-order valence-corrected chi connectivity index (χ3v) is 14.4. The zero-order valence-electron chi connectivity index (χ0n) is 53.5. The van der Waals surface area contributed by atoms with Gasteiger partial charge in [-0.3, -0.25) is 14.4 Å². The Hall–Kier alpha value is -4.45. The molecule has 0 aliphatic carbocycles. The molecule has 0 aromatic heterocycles. The van der Waals surface area contributed by atoms with E-state index in [2.05, 4.69) is 154 Å². The number of ether oxygens (including phenoxy) is 3. The maximum absolute atomic E-state index is 12.9. The van der Waals surface area contributed by atoms with Crippen LogP contribution in [0.15, 0.2) is 134 Å². The fourth-order valence-corrected chi connectivity index (χ4v) is 9.32. The molecule has 0 aromatic rings. The normalized spacial score (nSPS) is 13.0. The van der Waals surface area contributed by atoms with Crippen molar-refractivity contribution in [1.82, 2.24) is 0 Å². The molecule has 0 rings (SSSR count). The molecule has 0 saturated heterocycles. The lowest BCUT2D eigenvalue weighted by molar-refractivity contribution is -0.167. The van der Waals surface area contributed by atoms with E-state index >= 15 is 0 Å². The number of unbranched alkanes of at least 4 members (excludes halogenated alkanes) is 28. The summed E-state index contributed by atoms with van der Waals surface area (Å²) in [7, 11) is 0. The first-order valence-corrected chi connectivity index (χ1v) is 34.2. The molecular formula is C76H126O6. The Morgan fingerprint density at radius 1 is 0.256 bits per heavy atom. The number of hydrogen-bond acceptors (Lipinski definition) is 6. The molecule has 1 atom stereocenters. The fourth-order valence-electron chi connectivity index (χ4n) is 9.32. The second kappa shape index (κ2) is 69.0. The molecule has 82 heavy (non-hydrogen) atoms. The molecule has 466 valence electrons. The van der Waals surface area contributed by atoms with Crippen molar-refractivity contribution in [3.63, 3.8) is 0 Å². The predicted octanol–water partition coefficient (Wildman–Crippen LogP) is 23.7. The minimum absolute atomic E-state index is 0.0961. The van der Waals surface area contributed by atoms with E-state index in [0.717, 1.165) is 128 Å². The van der Waals surface area contributed by atoms with E-state index in [1.807, 2.05) is 0 Å². The quantitative estimate of drug-likeness (QED) is 0.0261. The summed E-state index contributed by atoms with van der Waals surface area (Å²) in [6.45, 7) is 6.37. The van der Waals surface area contributed by atoms with Crippen molar-refractivity contribution in [3.05, 3.63) is 134 Å². The average Bonchev–Trinajstić information content (AvgIpc) is 3.47. The van der Waals surface area contributed by atoms with Gasteiger partial charge in [-0.1, -0.05) is 289 Å². The van der Waals surface area contributed by atoms with Gasteiger partial charge in [0, 0.05) is 19.3 Å². The summed E-state index contributed by atoms with van der Waals surface area (Å²) < 4.78 is 16.9. The summed E-state index contributed by atoms with van der Waals surface area (Å²) in [6, 6.07) is 0. The molecule has 1 unspecified atom stereocenters. The number of carbonyl (C=O) groups excluding carboxylic acids is 3. The zero-order chi connectivity index (χ0) is 59.2. The Morgan fingerprint density at radius 2 is 0.476 bits per heavy atom. The van der Waals surface area contributed by atoms with Gasteiger partial charge in [0.1, 0.15) is 13.2 Å². The smallest absolute Gasteiger partial charge is 0.306 e. The van der Waals surface area contributed by atoms with Crippen LogP contribution < -0.4 is 0 Å². The molecule has 6 heteroatoms. The highest BCUT2D eigenvalue weighted by Crippen LogP contribution is 2.16. The van der Waals surface area contributed by atoms with Gasteiger partial charge >= 0.3 is 17.9 Å². The summed E-state index contributed by atoms with van der Waals surface area (Å²) in [6.07, 6.45) is 97.6. The van der Waals surface area contributed by atoms with Crippen LogP contribution in [0.3, 0.4) is 0 Å². The van der Waals surface area contributed by atoms with Gasteiger partial charge in [-0.15, -0.1) is 0 Å². The molecular weight excluding hydrogens is 1010 g/mol. The third-order valence-electron chi connectivity index (χ3n) is 14.4. The van der Waals surface area contributed by atoms with Crippen LogP contribution in [0.4, 0.5) is 0 Å². The summed E-state index contributed by atoms with van der Waals surface area (Å²) in [4.78, 5) is 38.4. The monoisotopic (exact) mass is 1130 g/mol. The Balaban J connectivity index is 4.30. The van der Waals surface area contributed by atoms with E-state index in [-0.39, 0.29) is 31.1 Å². The van der Waals surface area contributed by atoms with Crippen LogP contribution in [-0.2, 0) is 28.6 Å². The van der Waals surface area contributed by atoms with Crippen molar-refractivity contribution in [3.8, 4) is 0 Å². The number of allylic oxidation sites excluding steroid dienone is 22. The molecule has 0 aliphatic heterocycles. The fraction of sp³-hybridized carbons (Fsp3) is 0.671. The zero-order valence-corrected chi connectivity index (χ0v) is 53.5. The topological polar surface area (TPSA) is 78.9 Å². The summed E-state index contributed by atoms with van der Waals surface area (Å²) >= 11 is 0. The van der Waals surface area contributed by atoms with Crippen molar-refractivity contribution < 1.29 is 28.6 Å². The first kappa shape index (κ1) is 77.5. The molecule has 0 aromatic carbocycles. The molecule has 0 spiro atoms. The molecule has 6 nitrogen and oxygen atoms in total. The maximum Gasteiger partial charge on any atom is 0.306 e. The molecule has 0 aliphatic rings. The lowest BCUT2D eigenvalue weighted by Crippen LogP contribution is -2.30. The second-order valence-electron chi connectivity index (χ2n) is 22.3. The van der Waals surface area contributed by atoms with Crippen LogP contribution in [0, 0.1) is 0 Å². The van der Waals surface area contributed by atoms with E-state index in [1.165, 1.54) is 141 Å². The minimum atomic E-state index is -0.804. The first-order valence-electron chi connectivity index (χ1n) is 34.2. The SMILES string of the molecule is CC/C=C\C/C=C\C/C=C\C/C=C\C/C=C\CCCCCCCCCCCCCCCCCC(=O)OCC(COC(=O)CCCC/C=C\C/C=C\C/C=C\C/C=C\CC)OC(=O)CCCCCCCCC/C=C\C/C=C\CCCCCC. The first-order chi connectivity index (χ1) is 40.5. The summed E-state index contributed by atoms with van der Waals surface area (Å²) in [5.74, 6) is -0.941. The van der Waals surface area contributed by atoms with Gasteiger partial charge in [-0.2, -0.15) is 0 Å². The van der Waals surface area contributed by atoms with Gasteiger partial charge in [0.2, 0.25) is 0 Å². The van der Waals surface area contributed by atoms with E-state index in [0.29, 0.717) is 19.3 Å². The lowest BCUT2D eigenvalue weighted by atomic mass is 10.0. The van der Waals surface area contributed by atoms with Crippen LogP contribution >= 0.6 is 0 Å². The van der Waals surface area contributed by atoms with Crippen LogP contribution in [0.1, 0.15) is 310 Å². The van der Waals surface area contributed by atoms with Crippen molar-refractivity contribution in [2.45, 2.75) is 316 Å². The van der Waals surface area contributed by atoms with Crippen molar-refractivity contribution >= 4 is 17.9 Å². The Morgan fingerprint density at radius 3 is 0.768 bits per heavy atom. The third kappa shape index (κ3) is 66.4. The van der Waals surface area contributed by atoms with E-state index in [9.17, 15) is 14.4 Å². The summed E-state index contributed by atoms with van der Waals surface area (Å²) in [5.41, 5.74) is 0. The number of esters is 3. The predicted molar refractivity (Wildman–Crippen MR) is 357 cm³/mol. The van der Waals surface area contributed by atoms with Crippen molar-refractivity contribution in [1.29, 1.82) is 0 Å². The highest BCUT2D eigenvalue weighted by Gasteiger charge is 2.19. The molecule has 0 N–H and O–H groups in total. The van der Waals surface area contributed by atoms with Crippen LogP contribution in [0.2, 0.25) is 0 Å². The minimum Gasteiger partial charge on any atom is -0.462 e. The van der Waals surface area contributed by atoms with Crippen LogP contribution in [0.5, 0.6) is 0 Å².